The fraction of sp³-hybridized carbons (Fsp3) is 0. The van der Waals surface area contributed by atoms with Crippen molar-refractivity contribution in [2.45, 2.75) is 0 Å². The van der Waals surface area contributed by atoms with E-state index in [0.717, 1.165) is 83.2 Å². The van der Waals surface area contributed by atoms with E-state index in [9.17, 15) is 10.5 Å². The van der Waals surface area contributed by atoms with Crippen LogP contribution in [0.25, 0.3) is 105 Å². The molecule has 0 bridgehead atoms. The van der Waals surface area contributed by atoms with Gasteiger partial charge in [-0.1, -0.05) is 109 Å². The maximum atomic E-state index is 10.1. The van der Waals surface area contributed by atoms with Crippen LogP contribution in [-0.4, -0.2) is 13.7 Å². The van der Waals surface area contributed by atoms with Gasteiger partial charge in [0.15, 0.2) is 0 Å². The van der Waals surface area contributed by atoms with Crippen LogP contribution in [0.15, 0.2) is 200 Å². The van der Waals surface area contributed by atoms with E-state index < -0.39 is 0 Å². The molecule has 0 amide bonds. The second-order valence-corrected chi connectivity index (χ2v) is 15.6. The number of aromatic nitrogens is 3. The Morgan fingerprint density at radius 1 is 0.311 bits per heavy atom. The first kappa shape index (κ1) is 34.4. The Morgan fingerprint density at radius 3 is 1.28 bits per heavy atom. The van der Waals surface area contributed by atoms with Gasteiger partial charge in [0.1, 0.15) is 0 Å². The van der Waals surface area contributed by atoms with Crippen molar-refractivity contribution in [3.63, 3.8) is 0 Å². The van der Waals surface area contributed by atoms with Gasteiger partial charge in [-0.25, -0.2) is 0 Å². The van der Waals surface area contributed by atoms with Gasteiger partial charge in [-0.2, -0.15) is 10.5 Å². The molecule has 282 valence electrons. The summed E-state index contributed by atoms with van der Waals surface area (Å²) in [5.74, 6) is 0. The summed E-state index contributed by atoms with van der Waals surface area (Å²) < 4.78 is 7.16. The summed E-state index contributed by atoms with van der Waals surface area (Å²) in [5, 5.41) is 27.1. The van der Waals surface area contributed by atoms with Crippen LogP contribution in [0.1, 0.15) is 11.1 Å². The van der Waals surface area contributed by atoms with E-state index in [1.807, 2.05) is 12.1 Å². The molecule has 5 nitrogen and oxygen atoms in total. The van der Waals surface area contributed by atoms with E-state index in [0.29, 0.717) is 11.1 Å². The zero-order valence-electron chi connectivity index (χ0n) is 32.8. The molecule has 0 aliphatic carbocycles. The molecule has 0 saturated heterocycles. The van der Waals surface area contributed by atoms with Crippen LogP contribution in [0.2, 0.25) is 0 Å². The SMILES string of the molecule is N#Cc1ccc(C#N)c(-c2ccc(-n3c4ccc(-n5c6ccccc6c6ccccc65)cc4c4cc(-n5c6ccccc6c6ccccc65)ccc43)c(-c3ccccc3)c2)c1. The van der Waals surface area contributed by atoms with Gasteiger partial charge in [0.05, 0.1) is 62.1 Å². The summed E-state index contributed by atoms with van der Waals surface area (Å²) in [4.78, 5) is 0. The van der Waals surface area contributed by atoms with Crippen LogP contribution in [-0.2, 0) is 0 Å². The smallest absolute Gasteiger partial charge is 0.0998 e. The van der Waals surface area contributed by atoms with Gasteiger partial charge >= 0.3 is 0 Å². The van der Waals surface area contributed by atoms with E-state index in [4.69, 9.17) is 0 Å². The summed E-state index contributed by atoms with van der Waals surface area (Å²) >= 11 is 0. The summed E-state index contributed by atoms with van der Waals surface area (Å²) in [7, 11) is 0. The average Bonchev–Trinajstić information content (AvgIpc) is 3.96. The number of hydrogen-bond acceptors (Lipinski definition) is 2. The van der Waals surface area contributed by atoms with Crippen LogP contribution in [0.5, 0.6) is 0 Å². The molecule has 3 heterocycles. The first-order valence-electron chi connectivity index (χ1n) is 20.4. The van der Waals surface area contributed by atoms with Crippen LogP contribution < -0.4 is 0 Å². The Kier molecular flexibility index (Phi) is 7.59. The van der Waals surface area contributed by atoms with Crippen LogP contribution in [0, 0.1) is 22.7 Å². The molecule has 9 aromatic carbocycles. The Morgan fingerprint density at radius 2 is 0.787 bits per heavy atom. The first-order chi connectivity index (χ1) is 30.2. The molecule has 61 heavy (non-hydrogen) atoms. The van der Waals surface area contributed by atoms with E-state index in [-0.39, 0.29) is 0 Å². The highest BCUT2D eigenvalue weighted by molar-refractivity contribution is 6.14. The van der Waals surface area contributed by atoms with Crippen molar-refractivity contribution < 1.29 is 0 Å². The third kappa shape index (κ3) is 5.18. The van der Waals surface area contributed by atoms with Crippen LogP contribution in [0.3, 0.4) is 0 Å². The lowest BCUT2D eigenvalue weighted by Gasteiger charge is -2.17. The molecule has 0 saturated carbocycles. The minimum atomic E-state index is 0.514. The molecule has 3 aromatic heterocycles. The normalized spacial score (nSPS) is 11.6. The highest BCUT2D eigenvalue weighted by Gasteiger charge is 2.21. The molecular weight excluding hydrogens is 743 g/mol. The molecule has 12 rings (SSSR count). The molecule has 0 spiro atoms. The molecule has 0 atom stereocenters. The molecule has 0 aliphatic rings. The summed E-state index contributed by atoms with van der Waals surface area (Å²) in [6.45, 7) is 0. The molecule has 12 aromatic rings. The Balaban J connectivity index is 1.17. The second kappa shape index (κ2) is 13.5. The summed E-state index contributed by atoms with van der Waals surface area (Å²) in [6, 6.07) is 75.0. The van der Waals surface area contributed by atoms with Crippen molar-refractivity contribution in [1.82, 2.24) is 13.7 Å². The average molecular weight is 776 g/mol. The van der Waals surface area contributed by atoms with E-state index >= 15 is 0 Å². The zero-order valence-corrected chi connectivity index (χ0v) is 32.8. The lowest BCUT2D eigenvalue weighted by molar-refractivity contribution is 1.16. The molecule has 0 N–H and O–H groups in total. The first-order valence-corrected chi connectivity index (χ1v) is 20.4. The lowest BCUT2D eigenvalue weighted by atomic mass is 9.93. The predicted octanol–water partition coefficient (Wildman–Crippen LogP) is 14.1. The quantitative estimate of drug-likeness (QED) is 0.175. The van der Waals surface area contributed by atoms with E-state index in [1.165, 1.54) is 21.5 Å². The van der Waals surface area contributed by atoms with Crippen molar-refractivity contribution in [3.8, 4) is 51.5 Å². The van der Waals surface area contributed by atoms with Crippen LogP contribution >= 0.6 is 0 Å². The minimum absolute atomic E-state index is 0.514. The highest BCUT2D eigenvalue weighted by atomic mass is 15.0. The number of nitriles is 2. The zero-order chi connectivity index (χ0) is 40.6. The fourth-order valence-corrected chi connectivity index (χ4v) is 9.64. The molecule has 5 heteroatoms. The van der Waals surface area contributed by atoms with E-state index in [2.05, 4.69) is 202 Å². The van der Waals surface area contributed by atoms with Gasteiger partial charge < -0.3 is 13.7 Å². The van der Waals surface area contributed by atoms with Crippen molar-refractivity contribution >= 4 is 65.4 Å². The number of nitrogens with zero attached hydrogens (tertiary/aromatic N) is 5. The summed E-state index contributed by atoms with van der Waals surface area (Å²) in [5.41, 5.74) is 14.7. The second-order valence-electron chi connectivity index (χ2n) is 15.6. The highest BCUT2D eigenvalue weighted by Crippen LogP contribution is 2.42. The molecular formula is C56H33N5. The summed E-state index contributed by atoms with van der Waals surface area (Å²) in [6.07, 6.45) is 0. The third-order valence-electron chi connectivity index (χ3n) is 12.3. The van der Waals surface area contributed by atoms with Crippen molar-refractivity contribution in [1.29, 1.82) is 10.5 Å². The van der Waals surface area contributed by atoms with Crippen molar-refractivity contribution in [3.05, 3.63) is 211 Å². The Bertz CT molecular complexity index is 3570. The molecule has 0 unspecified atom stereocenters. The fourth-order valence-electron chi connectivity index (χ4n) is 9.64. The largest absolute Gasteiger partial charge is 0.309 e. The molecule has 0 aliphatic heterocycles. The monoisotopic (exact) mass is 775 g/mol. The van der Waals surface area contributed by atoms with Gasteiger partial charge in [-0.3, -0.25) is 0 Å². The van der Waals surface area contributed by atoms with Gasteiger partial charge in [0.25, 0.3) is 0 Å². The van der Waals surface area contributed by atoms with Gasteiger partial charge in [0.2, 0.25) is 0 Å². The molecule has 0 radical (unpaired) electrons. The van der Waals surface area contributed by atoms with Crippen molar-refractivity contribution in [2.75, 3.05) is 0 Å². The number of rotatable bonds is 5. The number of fused-ring (bicyclic) bond motifs is 9. The number of para-hydroxylation sites is 4. The Hall–Kier alpha value is -8.64. The van der Waals surface area contributed by atoms with Gasteiger partial charge in [-0.15, -0.1) is 0 Å². The van der Waals surface area contributed by atoms with Gasteiger partial charge in [-0.05, 0) is 102 Å². The minimum Gasteiger partial charge on any atom is -0.309 e. The van der Waals surface area contributed by atoms with Gasteiger partial charge in [0, 0.05) is 54.8 Å². The third-order valence-corrected chi connectivity index (χ3v) is 12.3. The predicted molar refractivity (Wildman–Crippen MR) is 250 cm³/mol. The topological polar surface area (TPSA) is 62.4 Å². The maximum Gasteiger partial charge on any atom is 0.0998 e. The number of benzene rings is 9. The lowest BCUT2D eigenvalue weighted by Crippen LogP contribution is -1.99. The molecule has 0 fully saturated rings. The Labute approximate surface area is 351 Å². The maximum absolute atomic E-state index is 10.1. The standard InChI is InChI=1S/C56H33N5/c57-34-36-22-23-39(35-58)46(30-36)38-24-27-54(47(31-38)37-12-2-1-3-13-37)61-55-28-25-40(59-50-18-8-4-14-42(50)43-15-5-9-19-51(43)59)32-48(55)49-33-41(26-29-56(49)61)60-52-20-10-6-16-44(52)45-17-7-11-21-53(45)60/h1-33H. The van der Waals surface area contributed by atoms with Crippen LogP contribution in [0.4, 0.5) is 0 Å². The van der Waals surface area contributed by atoms with Crippen molar-refractivity contribution in [2.24, 2.45) is 0 Å². The number of hydrogen-bond donors (Lipinski definition) is 0. The van der Waals surface area contributed by atoms with E-state index in [1.54, 1.807) is 12.1 Å².